The molecule has 0 radical (unpaired) electrons. The van der Waals surface area contributed by atoms with Gasteiger partial charge >= 0.3 is 12.0 Å². The molecule has 5 nitrogen and oxygen atoms in total. The van der Waals surface area contributed by atoms with Crippen molar-refractivity contribution in [3.8, 4) is 0 Å². The summed E-state index contributed by atoms with van der Waals surface area (Å²) in [5.41, 5.74) is 0. The zero-order chi connectivity index (χ0) is 15.2. The van der Waals surface area contributed by atoms with Crippen LogP contribution in [0.1, 0.15) is 64.7 Å². The second-order valence-corrected chi connectivity index (χ2v) is 6.53. The van der Waals surface area contributed by atoms with Crippen molar-refractivity contribution >= 4 is 12.0 Å². The number of amides is 2. The Balaban J connectivity index is 1.94. The number of aliphatic carboxylic acids is 1. The number of carbonyl (C=O) groups is 2. The van der Waals surface area contributed by atoms with Gasteiger partial charge in [0.05, 0.1) is 0 Å². The summed E-state index contributed by atoms with van der Waals surface area (Å²) in [6, 6.07) is -0.719. The van der Waals surface area contributed by atoms with Crippen LogP contribution >= 0.6 is 0 Å². The highest BCUT2D eigenvalue weighted by Gasteiger charge is 2.32. The van der Waals surface area contributed by atoms with E-state index in [0.29, 0.717) is 18.9 Å². The van der Waals surface area contributed by atoms with Crippen molar-refractivity contribution in [3.63, 3.8) is 0 Å². The van der Waals surface area contributed by atoms with Crippen LogP contribution in [-0.2, 0) is 4.79 Å². The van der Waals surface area contributed by atoms with Gasteiger partial charge in [-0.3, -0.25) is 0 Å². The van der Waals surface area contributed by atoms with E-state index < -0.39 is 12.0 Å². The first-order chi connectivity index (χ1) is 10.1. The number of carboxylic acid groups (broad SMARTS) is 1. The lowest BCUT2D eigenvalue weighted by Crippen LogP contribution is -2.52. The van der Waals surface area contributed by atoms with Crippen molar-refractivity contribution in [1.82, 2.24) is 10.2 Å². The molecule has 2 atom stereocenters. The molecule has 1 aliphatic carbocycles. The molecule has 2 fully saturated rings. The maximum atomic E-state index is 12.5. The van der Waals surface area contributed by atoms with Gasteiger partial charge in [-0.25, -0.2) is 9.59 Å². The third-order valence-corrected chi connectivity index (χ3v) is 5.01. The molecule has 1 heterocycles. The Labute approximate surface area is 127 Å². The summed E-state index contributed by atoms with van der Waals surface area (Å²) in [6.07, 6.45) is 9.48. The Hall–Kier alpha value is -1.26. The van der Waals surface area contributed by atoms with Gasteiger partial charge in [-0.1, -0.05) is 32.1 Å². The SMILES string of the molecule is CC(NC(=O)N1CCCCCC1C(=O)O)C1CCCCC1. The summed E-state index contributed by atoms with van der Waals surface area (Å²) in [6.45, 7) is 2.61. The average molecular weight is 296 g/mol. The van der Waals surface area contributed by atoms with Crippen LogP contribution in [0.25, 0.3) is 0 Å². The van der Waals surface area contributed by atoms with E-state index in [1.807, 2.05) is 0 Å². The molecule has 2 aliphatic rings. The third kappa shape index (κ3) is 4.35. The first-order valence-electron chi connectivity index (χ1n) is 8.39. The maximum Gasteiger partial charge on any atom is 0.326 e. The zero-order valence-corrected chi connectivity index (χ0v) is 13.0. The largest absolute Gasteiger partial charge is 0.480 e. The molecule has 0 spiro atoms. The highest BCUT2D eigenvalue weighted by atomic mass is 16.4. The molecule has 2 N–H and O–H groups in total. The normalized spacial score (nSPS) is 26.0. The van der Waals surface area contributed by atoms with Gasteiger partial charge in [-0.2, -0.15) is 0 Å². The van der Waals surface area contributed by atoms with Gasteiger partial charge in [-0.05, 0) is 38.5 Å². The van der Waals surface area contributed by atoms with Crippen LogP contribution in [0.15, 0.2) is 0 Å². The number of hydrogen-bond acceptors (Lipinski definition) is 2. The quantitative estimate of drug-likeness (QED) is 0.841. The first kappa shape index (κ1) is 16.1. The number of nitrogens with one attached hydrogen (secondary N) is 1. The van der Waals surface area contributed by atoms with Crippen molar-refractivity contribution in [2.24, 2.45) is 5.92 Å². The predicted octanol–water partition coefficient (Wildman–Crippen LogP) is 2.99. The van der Waals surface area contributed by atoms with Crippen molar-refractivity contribution in [2.75, 3.05) is 6.54 Å². The molecule has 21 heavy (non-hydrogen) atoms. The molecule has 1 aliphatic heterocycles. The number of carbonyl (C=O) groups excluding carboxylic acids is 1. The molecule has 0 aromatic rings. The lowest BCUT2D eigenvalue weighted by atomic mass is 9.84. The Kier molecular flexibility index (Phi) is 5.88. The standard InChI is InChI=1S/C16H28N2O3/c1-12(13-8-4-2-5-9-13)17-16(21)18-11-7-3-6-10-14(18)15(19)20/h12-14H,2-11H2,1H3,(H,17,21)(H,19,20). The van der Waals surface area contributed by atoms with E-state index in [4.69, 9.17) is 0 Å². The Morgan fingerprint density at radius 3 is 2.33 bits per heavy atom. The van der Waals surface area contributed by atoms with Gasteiger partial charge in [0, 0.05) is 12.6 Å². The van der Waals surface area contributed by atoms with E-state index in [0.717, 1.165) is 19.3 Å². The number of urea groups is 1. The number of rotatable bonds is 3. The summed E-state index contributed by atoms with van der Waals surface area (Å²) in [4.78, 5) is 25.4. The highest BCUT2D eigenvalue weighted by Crippen LogP contribution is 2.26. The molecular formula is C16H28N2O3. The monoisotopic (exact) mass is 296 g/mol. The lowest BCUT2D eigenvalue weighted by Gasteiger charge is -2.32. The van der Waals surface area contributed by atoms with Gasteiger partial charge in [0.25, 0.3) is 0 Å². The van der Waals surface area contributed by atoms with E-state index in [2.05, 4.69) is 12.2 Å². The van der Waals surface area contributed by atoms with E-state index in [1.54, 1.807) is 0 Å². The minimum Gasteiger partial charge on any atom is -0.480 e. The van der Waals surface area contributed by atoms with Crippen LogP contribution < -0.4 is 5.32 Å². The van der Waals surface area contributed by atoms with E-state index >= 15 is 0 Å². The Bertz CT molecular complexity index is 367. The molecular weight excluding hydrogens is 268 g/mol. The summed E-state index contributed by atoms with van der Waals surface area (Å²) in [5.74, 6) is -0.338. The average Bonchev–Trinajstić information content (AvgIpc) is 2.74. The van der Waals surface area contributed by atoms with Gasteiger partial charge in [0.2, 0.25) is 0 Å². The highest BCUT2D eigenvalue weighted by molar-refractivity contribution is 5.82. The van der Waals surface area contributed by atoms with E-state index in [-0.39, 0.29) is 12.1 Å². The summed E-state index contributed by atoms with van der Waals surface area (Å²) in [7, 11) is 0. The lowest BCUT2D eigenvalue weighted by molar-refractivity contribution is -0.142. The molecule has 0 aromatic heterocycles. The second-order valence-electron chi connectivity index (χ2n) is 6.53. The fourth-order valence-electron chi connectivity index (χ4n) is 3.64. The third-order valence-electron chi connectivity index (χ3n) is 5.01. The Morgan fingerprint density at radius 1 is 1.05 bits per heavy atom. The fraction of sp³-hybridized carbons (Fsp3) is 0.875. The van der Waals surface area contributed by atoms with Crippen LogP contribution in [0.4, 0.5) is 4.79 Å². The summed E-state index contributed by atoms with van der Waals surface area (Å²) >= 11 is 0. The first-order valence-corrected chi connectivity index (χ1v) is 8.39. The molecule has 1 saturated carbocycles. The van der Waals surface area contributed by atoms with Crippen molar-refractivity contribution < 1.29 is 14.7 Å². The molecule has 2 amide bonds. The molecule has 0 aromatic carbocycles. The van der Waals surface area contributed by atoms with E-state index in [1.165, 1.54) is 37.0 Å². The van der Waals surface area contributed by atoms with Crippen molar-refractivity contribution in [3.05, 3.63) is 0 Å². The molecule has 0 bridgehead atoms. The number of likely N-dealkylation sites (tertiary alicyclic amines) is 1. The number of nitrogens with zero attached hydrogens (tertiary/aromatic N) is 1. The molecule has 120 valence electrons. The fourth-order valence-corrected chi connectivity index (χ4v) is 3.64. The number of carboxylic acids is 1. The summed E-state index contributed by atoms with van der Waals surface area (Å²) in [5, 5.41) is 12.4. The smallest absolute Gasteiger partial charge is 0.326 e. The topological polar surface area (TPSA) is 69.6 Å². The van der Waals surface area contributed by atoms with Crippen LogP contribution in [0.5, 0.6) is 0 Å². The minimum atomic E-state index is -0.877. The summed E-state index contributed by atoms with van der Waals surface area (Å²) < 4.78 is 0. The maximum absolute atomic E-state index is 12.5. The predicted molar refractivity (Wildman–Crippen MR) is 81.2 cm³/mol. The van der Waals surface area contributed by atoms with Gasteiger partial charge in [-0.15, -0.1) is 0 Å². The Morgan fingerprint density at radius 2 is 1.67 bits per heavy atom. The number of hydrogen-bond donors (Lipinski definition) is 2. The van der Waals surface area contributed by atoms with Gasteiger partial charge in [0.1, 0.15) is 6.04 Å². The van der Waals surface area contributed by atoms with Crippen LogP contribution in [-0.4, -0.2) is 40.6 Å². The van der Waals surface area contributed by atoms with Crippen molar-refractivity contribution in [1.29, 1.82) is 0 Å². The molecule has 5 heteroatoms. The van der Waals surface area contributed by atoms with Gasteiger partial charge < -0.3 is 15.3 Å². The van der Waals surface area contributed by atoms with Crippen LogP contribution in [0, 0.1) is 5.92 Å². The minimum absolute atomic E-state index is 0.135. The molecule has 2 rings (SSSR count). The van der Waals surface area contributed by atoms with Crippen molar-refractivity contribution in [2.45, 2.75) is 76.8 Å². The van der Waals surface area contributed by atoms with Crippen LogP contribution in [0.3, 0.4) is 0 Å². The molecule has 2 unspecified atom stereocenters. The zero-order valence-electron chi connectivity index (χ0n) is 13.0. The second kappa shape index (κ2) is 7.66. The van der Waals surface area contributed by atoms with Gasteiger partial charge in [0.15, 0.2) is 0 Å². The molecule has 1 saturated heterocycles. The van der Waals surface area contributed by atoms with E-state index in [9.17, 15) is 14.7 Å². The van der Waals surface area contributed by atoms with Crippen LogP contribution in [0.2, 0.25) is 0 Å².